The maximum atomic E-state index is 11.7. The zero-order valence-electron chi connectivity index (χ0n) is 9.21. The van der Waals surface area contributed by atoms with Gasteiger partial charge in [-0.2, -0.15) is 15.4 Å². The Balaban J connectivity index is 1.85. The Morgan fingerprint density at radius 1 is 1.39 bits per heavy atom. The fourth-order valence-corrected chi connectivity index (χ4v) is 2.07. The van der Waals surface area contributed by atoms with Crippen LogP contribution in [0.1, 0.15) is 25.0 Å². The number of hydrogen-bond acceptors (Lipinski definition) is 5. The predicted molar refractivity (Wildman–Crippen MR) is 63.7 cm³/mol. The summed E-state index contributed by atoms with van der Waals surface area (Å²) in [5, 5.41) is 21.4. The molecule has 2 heterocycles. The molecule has 3 N–H and O–H groups in total. The van der Waals surface area contributed by atoms with Crippen molar-refractivity contribution in [2.45, 2.75) is 6.42 Å². The smallest absolute Gasteiger partial charge is 0.345 e. The molecule has 2 aromatic rings. The largest absolute Gasteiger partial charge is 0.477 e. The second kappa shape index (κ2) is 5.41. The molecule has 0 aromatic carbocycles. The molecule has 0 spiro atoms. The summed E-state index contributed by atoms with van der Waals surface area (Å²) < 4.78 is 0. The number of carbonyl (C=O) groups excluding carboxylic acids is 1. The molecule has 0 radical (unpaired) electrons. The van der Waals surface area contributed by atoms with Gasteiger partial charge in [0, 0.05) is 13.0 Å². The van der Waals surface area contributed by atoms with Crippen LogP contribution in [-0.2, 0) is 6.42 Å². The van der Waals surface area contributed by atoms with Gasteiger partial charge in [0.2, 0.25) is 0 Å². The number of hydrogen-bond donors (Lipinski definition) is 3. The molecule has 0 aliphatic carbocycles. The van der Waals surface area contributed by atoms with Gasteiger partial charge in [-0.1, -0.05) is 0 Å². The lowest BCUT2D eigenvalue weighted by atomic mass is 10.3. The first-order chi connectivity index (χ1) is 8.66. The lowest BCUT2D eigenvalue weighted by Crippen LogP contribution is -2.24. The fraction of sp³-hybridized carbons (Fsp3) is 0.200. The summed E-state index contributed by atoms with van der Waals surface area (Å²) in [6, 6.07) is 2.92. The number of nitrogens with one attached hydrogen (secondary N) is 2. The Hall–Kier alpha value is -2.22. The SMILES string of the molecule is O=C(O)c1ccc(C(=O)NCCc2cn[nH]n2)s1. The summed E-state index contributed by atoms with van der Waals surface area (Å²) in [5.74, 6) is -1.31. The molecular formula is C10H10N4O3S. The number of nitrogens with zero attached hydrogens (tertiary/aromatic N) is 2. The third-order valence-electron chi connectivity index (χ3n) is 2.17. The van der Waals surface area contributed by atoms with Crippen LogP contribution < -0.4 is 5.32 Å². The second-order valence-corrected chi connectivity index (χ2v) is 4.52. The summed E-state index contributed by atoms with van der Waals surface area (Å²) in [6.45, 7) is 0.422. The van der Waals surface area contributed by atoms with Gasteiger partial charge in [0.25, 0.3) is 5.91 Å². The molecule has 2 aromatic heterocycles. The number of aromatic nitrogens is 3. The number of H-pyrrole nitrogens is 1. The number of carboxylic acids is 1. The van der Waals surface area contributed by atoms with Gasteiger partial charge < -0.3 is 10.4 Å². The Labute approximate surface area is 106 Å². The van der Waals surface area contributed by atoms with E-state index in [9.17, 15) is 9.59 Å². The van der Waals surface area contributed by atoms with E-state index in [1.165, 1.54) is 12.1 Å². The maximum Gasteiger partial charge on any atom is 0.345 e. The van der Waals surface area contributed by atoms with E-state index in [2.05, 4.69) is 20.7 Å². The number of carbonyl (C=O) groups is 2. The highest BCUT2D eigenvalue weighted by Gasteiger charge is 2.12. The van der Waals surface area contributed by atoms with Crippen molar-refractivity contribution in [2.75, 3.05) is 6.54 Å². The summed E-state index contributed by atoms with van der Waals surface area (Å²) in [7, 11) is 0. The molecule has 0 atom stereocenters. The number of thiophene rings is 1. The van der Waals surface area contributed by atoms with E-state index in [1.54, 1.807) is 6.20 Å². The molecule has 1 amide bonds. The van der Waals surface area contributed by atoms with E-state index < -0.39 is 5.97 Å². The first-order valence-corrected chi connectivity index (χ1v) is 5.94. The first-order valence-electron chi connectivity index (χ1n) is 5.13. The number of carboxylic acid groups (broad SMARTS) is 1. The minimum absolute atomic E-state index is 0.150. The molecule has 8 heteroatoms. The minimum Gasteiger partial charge on any atom is -0.477 e. The van der Waals surface area contributed by atoms with E-state index in [1.807, 2.05) is 0 Å². The normalized spacial score (nSPS) is 10.2. The van der Waals surface area contributed by atoms with Crippen LogP contribution in [0.2, 0.25) is 0 Å². The van der Waals surface area contributed by atoms with Crippen molar-refractivity contribution in [3.8, 4) is 0 Å². The maximum absolute atomic E-state index is 11.7. The Bertz CT molecular complexity index is 549. The first kappa shape index (κ1) is 12.2. The van der Waals surface area contributed by atoms with Crippen molar-refractivity contribution >= 4 is 23.2 Å². The van der Waals surface area contributed by atoms with Crippen molar-refractivity contribution in [2.24, 2.45) is 0 Å². The van der Waals surface area contributed by atoms with Gasteiger partial charge in [-0.05, 0) is 12.1 Å². The van der Waals surface area contributed by atoms with E-state index in [0.29, 0.717) is 17.8 Å². The third-order valence-corrected chi connectivity index (χ3v) is 3.24. The van der Waals surface area contributed by atoms with Crippen molar-refractivity contribution < 1.29 is 14.7 Å². The quantitative estimate of drug-likeness (QED) is 0.732. The fourth-order valence-electron chi connectivity index (χ4n) is 1.31. The van der Waals surface area contributed by atoms with E-state index in [-0.39, 0.29) is 10.8 Å². The van der Waals surface area contributed by atoms with Crippen LogP contribution >= 0.6 is 11.3 Å². The molecular weight excluding hydrogens is 256 g/mol. The summed E-state index contributed by atoms with van der Waals surface area (Å²) in [6.07, 6.45) is 2.15. The van der Waals surface area contributed by atoms with Crippen LogP contribution in [0.4, 0.5) is 0 Å². The van der Waals surface area contributed by atoms with Gasteiger partial charge in [-0.15, -0.1) is 11.3 Å². The monoisotopic (exact) mass is 266 g/mol. The molecule has 0 aliphatic heterocycles. The Kier molecular flexibility index (Phi) is 3.68. The third kappa shape index (κ3) is 2.92. The van der Waals surface area contributed by atoms with Crippen LogP contribution in [0.3, 0.4) is 0 Å². The summed E-state index contributed by atoms with van der Waals surface area (Å²) in [5.41, 5.74) is 0.757. The van der Waals surface area contributed by atoms with Crippen LogP contribution in [0.5, 0.6) is 0 Å². The topological polar surface area (TPSA) is 108 Å². The highest BCUT2D eigenvalue weighted by molar-refractivity contribution is 7.15. The van der Waals surface area contributed by atoms with Crippen molar-refractivity contribution in [1.82, 2.24) is 20.7 Å². The van der Waals surface area contributed by atoms with Crippen LogP contribution in [-0.4, -0.2) is 38.9 Å². The molecule has 0 saturated carbocycles. The molecule has 18 heavy (non-hydrogen) atoms. The molecule has 2 rings (SSSR count). The van der Waals surface area contributed by atoms with Crippen LogP contribution in [0, 0.1) is 0 Å². The number of amides is 1. The lowest BCUT2D eigenvalue weighted by Gasteiger charge is -2.00. The predicted octanol–water partition coefficient (Wildman–Crippen LogP) is 0.537. The molecule has 0 bridgehead atoms. The average Bonchev–Trinajstić information content (AvgIpc) is 2.99. The van der Waals surface area contributed by atoms with Gasteiger partial charge in [0.05, 0.1) is 16.8 Å². The molecule has 0 saturated heterocycles. The van der Waals surface area contributed by atoms with E-state index in [0.717, 1.165) is 17.0 Å². The van der Waals surface area contributed by atoms with Crippen LogP contribution in [0.15, 0.2) is 18.3 Å². The zero-order valence-corrected chi connectivity index (χ0v) is 10.0. The Morgan fingerprint density at radius 3 is 2.78 bits per heavy atom. The number of aromatic amines is 1. The van der Waals surface area contributed by atoms with Crippen molar-refractivity contribution in [3.05, 3.63) is 33.8 Å². The van der Waals surface area contributed by atoms with Crippen molar-refractivity contribution in [1.29, 1.82) is 0 Å². The second-order valence-electron chi connectivity index (χ2n) is 3.44. The highest BCUT2D eigenvalue weighted by Crippen LogP contribution is 2.16. The van der Waals surface area contributed by atoms with Gasteiger partial charge >= 0.3 is 5.97 Å². The van der Waals surface area contributed by atoms with Gasteiger partial charge in [0.15, 0.2) is 0 Å². The molecule has 0 aliphatic rings. The number of rotatable bonds is 5. The molecule has 7 nitrogen and oxygen atoms in total. The zero-order chi connectivity index (χ0) is 13.0. The van der Waals surface area contributed by atoms with Gasteiger partial charge in [0.1, 0.15) is 4.88 Å². The van der Waals surface area contributed by atoms with Crippen molar-refractivity contribution in [3.63, 3.8) is 0 Å². The Morgan fingerprint density at radius 2 is 2.17 bits per heavy atom. The van der Waals surface area contributed by atoms with Gasteiger partial charge in [-0.3, -0.25) is 4.79 Å². The molecule has 0 fully saturated rings. The minimum atomic E-state index is -1.03. The lowest BCUT2D eigenvalue weighted by molar-refractivity contribution is 0.0702. The van der Waals surface area contributed by atoms with E-state index in [4.69, 9.17) is 5.11 Å². The average molecular weight is 266 g/mol. The van der Waals surface area contributed by atoms with E-state index >= 15 is 0 Å². The van der Waals surface area contributed by atoms with Crippen LogP contribution in [0.25, 0.3) is 0 Å². The van der Waals surface area contributed by atoms with Gasteiger partial charge in [-0.25, -0.2) is 4.79 Å². The summed E-state index contributed by atoms with van der Waals surface area (Å²) in [4.78, 5) is 22.9. The molecule has 0 unspecified atom stereocenters. The number of aromatic carboxylic acids is 1. The standard InChI is InChI=1S/C10H10N4O3S/c15-9(7-1-2-8(18-7)10(16)17)11-4-3-6-5-12-14-13-6/h1-2,5H,3-4H2,(H,11,15)(H,16,17)(H,12,13,14). The highest BCUT2D eigenvalue weighted by atomic mass is 32.1. The summed E-state index contributed by atoms with van der Waals surface area (Å²) >= 11 is 0.951. The molecule has 94 valence electrons.